The lowest BCUT2D eigenvalue weighted by Crippen LogP contribution is -2.62. The van der Waals surface area contributed by atoms with Crippen molar-refractivity contribution >= 4 is 23.6 Å². The molecule has 4 aliphatic rings. The fourth-order valence-corrected chi connectivity index (χ4v) is 6.63. The van der Waals surface area contributed by atoms with Crippen LogP contribution in [0.15, 0.2) is 36.4 Å². The second kappa shape index (κ2) is 7.90. The van der Waals surface area contributed by atoms with Gasteiger partial charge >= 0.3 is 0 Å². The number of aryl methyl sites for hydroxylation is 2. The lowest BCUT2D eigenvalue weighted by Gasteiger charge is -2.46. The maximum atomic E-state index is 13.8. The summed E-state index contributed by atoms with van der Waals surface area (Å²) in [4.78, 5) is 57.6. The third-order valence-corrected chi connectivity index (χ3v) is 8.08. The summed E-state index contributed by atoms with van der Waals surface area (Å²) in [6, 6.07) is 11.3. The number of carbonyl (C=O) groups excluding carboxylic acids is 4. The van der Waals surface area contributed by atoms with E-state index in [9.17, 15) is 19.2 Å². The van der Waals surface area contributed by atoms with Crippen molar-refractivity contribution < 1.29 is 19.2 Å². The van der Waals surface area contributed by atoms with Crippen molar-refractivity contribution in [1.29, 1.82) is 0 Å². The van der Waals surface area contributed by atoms with Crippen LogP contribution in [0, 0.1) is 0 Å². The van der Waals surface area contributed by atoms with E-state index >= 15 is 0 Å². The Morgan fingerprint density at radius 3 is 1.68 bits per heavy atom. The molecule has 34 heavy (non-hydrogen) atoms. The molecule has 0 spiro atoms. The molecule has 0 saturated heterocycles. The van der Waals surface area contributed by atoms with Crippen LogP contribution in [0.3, 0.4) is 0 Å². The zero-order valence-electron chi connectivity index (χ0n) is 19.4. The molecule has 6 rings (SSSR count). The predicted molar refractivity (Wildman–Crippen MR) is 125 cm³/mol. The topological polar surface area (TPSA) is 74.8 Å². The van der Waals surface area contributed by atoms with Crippen LogP contribution in [-0.2, 0) is 22.4 Å². The molecule has 6 heteroatoms. The van der Waals surface area contributed by atoms with Gasteiger partial charge in [-0.2, -0.15) is 0 Å². The van der Waals surface area contributed by atoms with Crippen molar-refractivity contribution in [2.45, 2.75) is 76.3 Å². The lowest BCUT2D eigenvalue weighted by molar-refractivity contribution is -0.143. The fraction of sp³-hybridized carbons (Fsp3) is 0.429. The molecular formula is C28H28N2O4. The molecule has 0 fully saturated rings. The number of hydrogen-bond acceptors (Lipinski definition) is 4. The van der Waals surface area contributed by atoms with Gasteiger partial charge in [0.15, 0.2) is 0 Å². The maximum Gasteiger partial charge on any atom is 0.262 e. The Balaban J connectivity index is 1.47. The molecule has 2 atom stereocenters. The minimum Gasteiger partial charge on any atom is -0.274 e. The average Bonchev–Trinajstić information content (AvgIpc) is 2.85. The molecule has 6 nitrogen and oxygen atoms in total. The van der Waals surface area contributed by atoms with E-state index in [1.54, 1.807) is 12.1 Å². The van der Waals surface area contributed by atoms with Gasteiger partial charge in [0, 0.05) is 11.1 Å². The van der Waals surface area contributed by atoms with Crippen molar-refractivity contribution in [1.82, 2.24) is 9.80 Å². The first kappa shape index (κ1) is 21.3. The van der Waals surface area contributed by atoms with Crippen molar-refractivity contribution in [2.75, 3.05) is 0 Å². The second-order valence-electron chi connectivity index (χ2n) is 9.94. The van der Waals surface area contributed by atoms with Gasteiger partial charge in [-0.1, -0.05) is 37.6 Å². The van der Waals surface area contributed by atoms with E-state index in [2.05, 4.69) is 0 Å². The van der Waals surface area contributed by atoms with Crippen molar-refractivity contribution in [3.8, 4) is 0 Å². The van der Waals surface area contributed by atoms with E-state index in [1.807, 2.05) is 31.2 Å². The molecular weight excluding hydrogens is 428 g/mol. The number of nitrogens with zero attached hydrogens (tertiary/aromatic N) is 2. The molecule has 2 aliphatic heterocycles. The van der Waals surface area contributed by atoms with Crippen LogP contribution in [0.5, 0.6) is 0 Å². The quantitative estimate of drug-likeness (QED) is 0.643. The Labute approximate surface area is 198 Å². The smallest absolute Gasteiger partial charge is 0.262 e. The molecule has 174 valence electrons. The Morgan fingerprint density at radius 1 is 0.765 bits per heavy atom. The fourth-order valence-electron chi connectivity index (χ4n) is 6.63. The maximum absolute atomic E-state index is 13.8. The SMILES string of the molecule is CCCC(N1C(=O)c2cccc3c2C(CCC3)C1=O)N1C(=O)c2cccc3c2C(CCC3)C1=O. The highest BCUT2D eigenvalue weighted by atomic mass is 16.2. The standard InChI is InChI=1S/C28H28N2O4/c1-2-7-22(29-25(31)18-12-3-8-16-9-4-13-19(23(16)18)26(29)32)30-27(33)20-14-5-10-17-11-6-15-21(24(17)20)28(30)34/h3,5,8,10,12,14,19,21-22H,2,4,6-7,9,11,13,15H2,1H3. The van der Waals surface area contributed by atoms with Gasteiger partial charge in [-0.05, 0) is 79.3 Å². The summed E-state index contributed by atoms with van der Waals surface area (Å²) in [7, 11) is 0. The molecule has 4 amide bonds. The minimum atomic E-state index is -0.900. The van der Waals surface area contributed by atoms with Crippen LogP contribution in [0.2, 0.25) is 0 Å². The van der Waals surface area contributed by atoms with Gasteiger partial charge in [0.1, 0.15) is 6.17 Å². The van der Waals surface area contributed by atoms with Crippen molar-refractivity contribution in [3.63, 3.8) is 0 Å². The third-order valence-electron chi connectivity index (χ3n) is 8.08. The Bertz CT molecular complexity index is 1160. The summed E-state index contributed by atoms with van der Waals surface area (Å²) in [6.07, 6.45) is 4.96. The first-order valence-corrected chi connectivity index (χ1v) is 12.5. The Hall–Kier alpha value is -3.28. The summed E-state index contributed by atoms with van der Waals surface area (Å²) in [5, 5.41) is 0. The van der Waals surface area contributed by atoms with Gasteiger partial charge < -0.3 is 0 Å². The zero-order valence-corrected chi connectivity index (χ0v) is 19.4. The highest BCUT2D eigenvalue weighted by Crippen LogP contribution is 2.44. The lowest BCUT2D eigenvalue weighted by atomic mass is 9.75. The second-order valence-corrected chi connectivity index (χ2v) is 9.94. The molecule has 2 aromatic rings. The molecule has 0 N–H and O–H groups in total. The van der Waals surface area contributed by atoms with Gasteiger partial charge in [-0.3, -0.25) is 29.0 Å². The summed E-state index contributed by atoms with van der Waals surface area (Å²) in [5.74, 6) is -2.09. The monoisotopic (exact) mass is 456 g/mol. The van der Waals surface area contributed by atoms with Gasteiger partial charge in [-0.15, -0.1) is 0 Å². The van der Waals surface area contributed by atoms with Crippen LogP contribution in [0.25, 0.3) is 0 Å². The minimum absolute atomic E-state index is 0.271. The Morgan fingerprint density at radius 2 is 1.24 bits per heavy atom. The van der Waals surface area contributed by atoms with Crippen LogP contribution in [0.4, 0.5) is 0 Å². The number of imide groups is 2. The van der Waals surface area contributed by atoms with Crippen LogP contribution >= 0.6 is 0 Å². The van der Waals surface area contributed by atoms with Crippen molar-refractivity contribution in [2.24, 2.45) is 0 Å². The molecule has 0 radical (unpaired) electrons. The highest BCUT2D eigenvalue weighted by molar-refractivity contribution is 6.15. The molecule has 0 saturated carbocycles. The first-order valence-electron chi connectivity index (χ1n) is 12.5. The van der Waals surface area contributed by atoms with Gasteiger partial charge in [0.25, 0.3) is 11.8 Å². The summed E-state index contributed by atoms with van der Waals surface area (Å²) < 4.78 is 0. The number of benzene rings is 2. The predicted octanol–water partition coefficient (Wildman–Crippen LogP) is 4.32. The zero-order chi connectivity index (χ0) is 23.6. The van der Waals surface area contributed by atoms with Gasteiger partial charge in [-0.25, -0.2) is 0 Å². The normalized spacial score (nSPS) is 24.1. The van der Waals surface area contributed by atoms with E-state index in [0.29, 0.717) is 36.8 Å². The number of amides is 4. The highest BCUT2D eigenvalue weighted by Gasteiger charge is 2.50. The van der Waals surface area contributed by atoms with Crippen LogP contribution < -0.4 is 0 Å². The van der Waals surface area contributed by atoms with Gasteiger partial charge in [0.2, 0.25) is 11.8 Å². The van der Waals surface area contributed by atoms with E-state index < -0.39 is 6.17 Å². The third kappa shape index (κ3) is 2.87. The Kier molecular flexibility index (Phi) is 4.94. The average molecular weight is 457 g/mol. The summed E-state index contributed by atoms with van der Waals surface area (Å²) in [6.45, 7) is 1.95. The van der Waals surface area contributed by atoms with E-state index in [0.717, 1.165) is 47.9 Å². The molecule has 2 aromatic carbocycles. The molecule has 0 bridgehead atoms. The molecule has 2 aliphatic carbocycles. The largest absolute Gasteiger partial charge is 0.274 e. The first-order chi connectivity index (χ1) is 16.5. The number of hydrogen-bond donors (Lipinski definition) is 0. The summed E-state index contributed by atoms with van der Waals surface area (Å²) in [5.41, 5.74) is 4.93. The number of rotatable bonds is 4. The molecule has 2 unspecified atom stereocenters. The van der Waals surface area contributed by atoms with Crippen LogP contribution in [0.1, 0.15) is 100 Å². The van der Waals surface area contributed by atoms with Crippen molar-refractivity contribution in [3.05, 3.63) is 69.8 Å². The number of carbonyl (C=O) groups is 4. The van der Waals surface area contributed by atoms with E-state index in [-0.39, 0.29) is 35.5 Å². The summed E-state index contributed by atoms with van der Waals surface area (Å²) >= 11 is 0. The molecule has 2 heterocycles. The molecule has 0 aromatic heterocycles. The van der Waals surface area contributed by atoms with E-state index in [1.165, 1.54) is 9.80 Å². The van der Waals surface area contributed by atoms with Crippen LogP contribution in [-0.4, -0.2) is 39.6 Å². The van der Waals surface area contributed by atoms with Gasteiger partial charge in [0.05, 0.1) is 11.8 Å². The van der Waals surface area contributed by atoms with E-state index in [4.69, 9.17) is 0 Å².